The first-order valence-corrected chi connectivity index (χ1v) is 6.82. The van der Waals surface area contributed by atoms with Gasteiger partial charge in [0.1, 0.15) is 11.7 Å². The summed E-state index contributed by atoms with van der Waals surface area (Å²) in [6.07, 6.45) is 0. The van der Waals surface area contributed by atoms with Crippen molar-refractivity contribution in [3.05, 3.63) is 66.0 Å². The van der Waals surface area contributed by atoms with Crippen LogP contribution in [0.1, 0.15) is 17.3 Å². The van der Waals surface area contributed by atoms with Crippen molar-refractivity contribution in [2.75, 3.05) is 5.01 Å². The van der Waals surface area contributed by atoms with Gasteiger partial charge in [-0.3, -0.25) is 9.59 Å². The number of hydrogen-bond acceptors (Lipinski definition) is 3. The average Bonchev–Trinajstić information content (AvgIpc) is 2.83. The van der Waals surface area contributed by atoms with E-state index in [-0.39, 0.29) is 5.78 Å². The molecule has 3 rings (SSSR count). The highest BCUT2D eigenvalue weighted by Crippen LogP contribution is 2.26. The summed E-state index contributed by atoms with van der Waals surface area (Å²) in [5.41, 5.74) is 1.34. The predicted molar refractivity (Wildman–Crippen MR) is 81.3 cm³/mol. The van der Waals surface area contributed by atoms with E-state index in [0.29, 0.717) is 17.0 Å². The van der Waals surface area contributed by atoms with Gasteiger partial charge in [0.2, 0.25) is 0 Å². The summed E-state index contributed by atoms with van der Waals surface area (Å²) in [7, 11) is 0. The zero-order valence-electron chi connectivity index (χ0n) is 11.9. The second-order valence-electron chi connectivity index (χ2n) is 5.03. The standard InChI is InChI=1S/C17H13FN2O2/c1-11-15(16(21)12-7-9-13(18)10-8-12)17(22)20(19-11)14-5-3-2-4-6-14/h2-10,15H,1H3. The fourth-order valence-corrected chi connectivity index (χ4v) is 2.40. The topological polar surface area (TPSA) is 49.7 Å². The Bertz CT molecular complexity index is 754. The van der Waals surface area contributed by atoms with Gasteiger partial charge in [-0.25, -0.2) is 4.39 Å². The molecule has 1 heterocycles. The summed E-state index contributed by atoms with van der Waals surface area (Å²) in [4.78, 5) is 25.0. The Kier molecular flexibility index (Phi) is 3.55. The van der Waals surface area contributed by atoms with Gasteiger partial charge >= 0.3 is 0 Å². The molecule has 0 saturated carbocycles. The third kappa shape index (κ3) is 2.41. The van der Waals surface area contributed by atoms with Crippen LogP contribution in [-0.2, 0) is 4.79 Å². The zero-order chi connectivity index (χ0) is 15.7. The SMILES string of the molecule is CC1=NN(c2ccccc2)C(=O)C1C(=O)c1ccc(F)cc1. The lowest BCUT2D eigenvalue weighted by Crippen LogP contribution is -2.32. The molecule has 2 aromatic carbocycles. The normalized spacial score (nSPS) is 17.5. The lowest BCUT2D eigenvalue weighted by molar-refractivity contribution is -0.118. The molecule has 0 saturated heterocycles. The molecule has 5 heteroatoms. The van der Waals surface area contributed by atoms with Gasteiger partial charge < -0.3 is 0 Å². The van der Waals surface area contributed by atoms with Crippen molar-refractivity contribution in [2.24, 2.45) is 11.0 Å². The number of carbonyl (C=O) groups is 2. The van der Waals surface area contributed by atoms with Gasteiger partial charge in [-0.2, -0.15) is 10.1 Å². The second-order valence-corrected chi connectivity index (χ2v) is 5.03. The van der Waals surface area contributed by atoms with E-state index in [0.717, 1.165) is 0 Å². The van der Waals surface area contributed by atoms with Gasteiger partial charge in [0, 0.05) is 5.56 Å². The van der Waals surface area contributed by atoms with Crippen LogP contribution in [-0.4, -0.2) is 17.4 Å². The van der Waals surface area contributed by atoms with Crippen LogP contribution in [0.25, 0.3) is 0 Å². The van der Waals surface area contributed by atoms with Gasteiger partial charge in [0.25, 0.3) is 5.91 Å². The van der Waals surface area contributed by atoms with Gasteiger partial charge in [0.05, 0.1) is 11.4 Å². The van der Waals surface area contributed by atoms with Crippen LogP contribution in [0.15, 0.2) is 59.7 Å². The van der Waals surface area contributed by atoms with Gasteiger partial charge in [-0.05, 0) is 43.3 Å². The fraction of sp³-hybridized carbons (Fsp3) is 0.118. The molecule has 0 fully saturated rings. The number of ketones is 1. The summed E-state index contributed by atoms with van der Waals surface area (Å²) in [6, 6.07) is 14.1. The van der Waals surface area contributed by atoms with Crippen LogP contribution in [0.4, 0.5) is 10.1 Å². The average molecular weight is 296 g/mol. The number of carbonyl (C=O) groups excluding carboxylic acids is 2. The fourth-order valence-electron chi connectivity index (χ4n) is 2.40. The van der Waals surface area contributed by atoms with Gasteiger partial charge in [-0.1, -0.05) is 18.2 Å². The molecule has 0 aromatic heterocycles. The third-order valence-electron chi connectivity index (χ3n) is 3.52. The molecule has 1 amide bonds. The first kappa shape index (κ1) is 14.1. The minimum atomic E-state index is -0.953. The summed E-state index contributed by atoms with van der Waals surface area (Å²) < 4.78 is 13.0. The Balaban J connectivity index is 1.90. The Morgan fingerprint density at radius 3 is 2.36 bits per heavy atom. The first-order valence-electron chi connectivity index (χ1n) is 6.82. The number of hydrogen-bond donors (Lipinski definition) is 0. The van der Waals surface area contributed by atoms with Crippen molar-refractivity contribution >= 4 is 23.1 Å². The van der Waals surface area contributed by atoms with E-state index in [1.807, 2.05) is 6.07 Å². The van der Waals surface area contributed by atoms with Crippen molar-refractivity contribution < 1.29 is 14.0 Å². The Hall–Kier alpha value is -2.82. The molecule has 0 N–H and O–H groups in total. The van der Waals surface area contributed by atoms with Crippen molar-refractivity contribution in [3.8, 4) is 0 Å². The van der Waals surface area contributed by atoms with Crippen molar-refractivity contribution in [1.29, 1.82) is 0 Å². The molecule has 0 aliphatic carbocycles. The number of rotatable bonds is 3. The predicted octanol–water partition coefficient (Wildman–Crippen LogP) is 3.05. The number of benzene rings is 2. The van der Waals surface area contributed by atoms with E-state index in [1.165, 1.54) is 29.3 Å². The number of Topliss-reactive ketones (excluding diaryl/α,β-unsaturated/α-hetero) is 1. The molecule has 4 nitrogen and oxygen atoms in total. The molecule has 0 bridgehead atoms. The maximum atomic E-state index is 13.0. The maximum Gasteiger partial charge on any atom is 0.264 e. The van der Waals surface area contributed by atoms with Crippen LogP contribution in [0.2, 0.25) is 0 Å². The zero-order valence-corrected chi connectivity index (χ0v) is 11.9. The largest absolute Gasteiger partial charge is 0.293 e. The van der Waals surface area contributed by atoms with Crippen molar-refractivity contribution in [1.82, 2.24) is 0 Å². The molecular formula is C17H13FN2O2. The van der Waals surface area contributed by atoms with Crippen LogP contribution in [0.3, 0.4) is 0 Å². The maximum absolute atomic E-state index is 13.0. The molecule has 0 radical (unpaired) electrons. The molecular weight excluding hydrogens is 283 g/mol. The van der Waals surface area contributed by atoms with Gasteiger partial charge in [-0.15, -0.1) is 0 Å². The van der Waals surface area contributed by atoms with Crippen LogP contribution >= 0.6 is 0 Å². The number of nitrogens with zero attached hydrogens (tertiary/aromatic N) is 2. The molecule has 110 valence electrons. The number of para-hydroxylation sites is 1. The lowest BCUT2D eigenvalue weighted by atomic mass is 9.93. The quantitative estimate of drug-likeness (QED) is 0.645. The van der Waals surface area contributed by atoms with Crippen LogP contribution in [0.5, 0.6) is 0 Å². The molecule has 1 aliphatic heterocycles. The molecule has 1 unspecified atom stereocenters. The minimum Gasteiger partial charge on any atom is -0.293 e. The first-order chi connectivity index (χ1) is 10.6. The molecule has 22 heavy (non-hydrogen) atoms. The molecule has 1 atom stereocenters. The van der Waals surface area contributed by atoms with E-state index in [9.17, 15) is 14.0 Å². The summed E-state index contributed by atoms with van der Waals surface area (Å²) in [6.45, 7) is 1.65. The van der Waals surface area contributed by atoms with E-state index >= 15 is 0 Å². The Morgan fingerprint density at radius 1 is 1.09 bits per heavy atom. The number of hydrazone groups is 1. The van der Waals surface area contributed by atoms with E-state index in [2.05, 4.69) is 5.10 Å². The monoisotopic (exact) mass is 296 g/mol. The Labute approximate surface area is 126 Å². The van der Waals surface area contributed by atoms with E-state index in [4.69, 9.17) is 0 Å². The van der Waals surface area contributed by atoms with Crippen LogP contribution < -0.4 is 5.01 Å². The van der Waals surface area contributed by atoms with Crippen molar-refractivity contribution in [3.63, 3.8) is 0 Å². The third-order valence-corrected chi connectivity index (χ3v) is 3.52. The Morgan fingerprint density at radius 2 is 1.73 bits per heavy atom. The molecule has 1 aliphatic rings. The van der Waals surface area contributed by atoms with E-state index in [1.54, 1.807) is 31.2 Å². The molecule has 0 spiro atoms. The summed E-state index contributed by atoms with van der Waals surface area (Å²) in [5, 5.41) is 5.43. The highest BCUT2D eigenvalue weighted by molar-refractivity contribution is 6.30. The van der Waals surface area contributed by atoms with Gasteiger partial charge in [0.15, 0.2) is 5.78 Å². The summed E-state index contributed by atoms with van der Waals surface area (Å²) in [5.74, 6) is -2.14. The molecule has 2 aromatic rings. The second kappa shape index (κ2) is 5.52. The minimum absolute atomic E-state index is 0.296. The number of halogens is 1. The smallest absolute Gasteiger partial charge is 0.264 e. The summed E-state index contributed by atoms with van der Waals surface area (Å²) >= 11 is 0. The number of amides is 1. The van der Waals surface area contributed by atoms with Crippen LogP contribution in [0, 0.1) is 11.7 Å². The highest BCUT2D eigenvalue weighted by Gasteiger charge is 2.39. The van der Waals surface area contributed by atoms with E-state index < -0.39 is 17.6 Å². The highest BCUT2D eigenvalue weighted by atomic mass is 19.1. The number of anilines is 1. The lowest BCUT2D eigenvalue weighted by Gasteiger charge is -2.13. The van der Waals surface area contributed by atoms with Crippen molar-refractivity contribution in [2.45, 2.75) is 6.92 Å².